The summed E-state index contributed by atoms with van der Waals surface area (Å²) >= 11 is 0. The van der Waals surface area contributed by atoms with E-state index in [0.29, 0.717) is 0 Å². The first-order valence-corrected chi connectivity index (χ1v) is 7.11. The summed E-state index contributed by atoms with van der Waals surface area (Å²) in [5.41, 5.74) is -0.00292. The highest BCUT2D eigenvalue weighted by atomic mass is 16.5. The molecule has 0 heterocycles. The molecule has 1 aromatic carbocycles. The molecule has 1 aliphatic rings. The average Bonchev–Trinajstić information content (AvgIpc) is 2.46. The molecule has 0 saturated heterocycles. The maximum absolute atomic E-state index is 11.3. The molecule has 1 N–H and O–H groups in total. The Morgan fingerprint density at radius 2 is 1.84 bits per heavy atom. The van der Waals surface area contributed by atoms with Gasteiger partial charge in [-0.2, -0.15) is 0 Å². The third-order valence-corrected chi connectivity index (χ3v) is 4.39. The van der Waals surface area contributed by atoms with Crippen LogP contribution in [0.25, 0.3) is 0 Å². The van der Waals surface area contributed by atoms with Crippen LogP contribution in [0.15, 0.2) is 18.2 Å². The van der Waals surface area contributed by atoms with Crippen LogP contribution in [0.2, 0.25) is 0 Å². The van der Waals surface area contributed by atoms with Gasteiger partial charge in [0.25, 0.3) is 0 Å². The van der Waals surface area contributed by atoms with Crippen molar-refractivity contribution < 1.29 is 14.6 Å². The van der Waals surface area contributed by atoms with E-state index < -0.39 is 5.60 Å². The Labute approximate surface area is 115 Å². The second kappa shape index (κ2) is 5.83. The number of ether oxygens (including phenoxy) is 2. The smallest absolute Gasteiger partial charge is 0.128 e. The van der Waals surface area contributed by atoms with Gasteiger partial charge in [-0.1, -0.05) is 32.3 Å². The predicted octanol–water partition coefficient (Wildman–Crippen LogP) is 3.49. The molecular formula is C16H24O3. The SMILES string of the molecule is CCC1CCCCC1(O)c1c(OC)cccc1OC. The number of methoxy groups -OCH3 is 2. The summed E-state index contributed by atoms with van der Waals surface area (Å²) in [4.78, 5) is 0. The highest BCUT2D eigenvalue weighted by molar-refractivity contribution is 5.49. The Hall–Kier alpha value is -1.22. The topological polar surface area (TPSA) is 38.7 Å². The summed E-state index contributed by atoms with van der Waals surface area (Å²) in [5.74, 6) is 1.72. The normalized spacial score (nSPS) is 27.1. The van der Waals surface area contributed by atoms with Crippen LogP contribution in [-0.4, -0.2) is 19.3 Å². The molecule has 2 atom stereocenters. The standard InChI is InChI=1S/C16H24O3/c1-4-12-8-5-6-11-16(12,17)15-13(18-2)9-7-10-14(15)19-3/h7,9-10,12,17H,4-6,8,11H2,1-3H3. The number of aliphatic hydroxyl groups is 1. The largest absolute Gasteiger partial charge is 0.496 e. The maximum Gasteiger partial charge on any atom is 0.128 e. The lowest BCUT2D eigenvalue weighted by Gasteiger charge is -2.41. The fraction of sp³-hybridized carbons (Fsp3) is 0.625. The van der Waals surface area contributed by atoms with Crippen LogP contribution in [0.3, 0.4) is 0 Å². The molecule has 19 heavy (non-hydrogen) atoms. The lowest BCUT2D eigenvalue weighted by atomic mass is 9.70. The van der Waals surface area contributed by atoms with Crippen LogP contribution in [0, 0.1) is 5.92 Å². The van der Waals surface area contributed by atoms with Crippen molar-refractivity contribution in [2.24, 2.45) is 5.92 Å². The summed E-state index contributed by atoms with van der Waals surface area (Å²) in [5, 5.41) is 11.3. The van der Waals surface area contributed by atoms with Gasteiger partial charge in [-0.05, 0) is 30.9 Å². The van der Waals surface area contributed by atoms with Gasteiger partial charge in [0.05, 0.1) is 25.4 Å². The van der Waals surface area contributed by atoms with E-state index in [0.717, 1.165) is 42.7 Å². The first-order chi connectivity index (χ1) is 9.17. The summed E-state index contributed by atoms with van der Waals surface area (Å²) in [6.07, 6.45) is 5.06. The fourth-order valence-electron chi connectivity index (χ4n) is 3.38. The van der Waals surface area contributed by atoms with E-state index in [1.807, 2.05) is 18.2 Å². The van der Waals surface area contributed by atoms with E-state index in [4.69, 9.17) is 9.47 Å². The minimum atomic E-state index is -0.828. The zero-order valence-corrected chi connectivity index (χ0v) is 12.1. The van der Waals surface area contributed by atoms with Crippen LogP contribution in [0.5, 0.6) is 11.5 Å². The summed E-state index contributed by atoms with van der Waals surface area (Å²) < 4.78 is 10.9. The highest BCUT2D eigenvalue weighted by Crippen LogP contribution is 2.49. The van der Waals surface area contributed by atoms with Gasteiger partial charge in [-0.15, -0.1) is 0 Å². The van der Waals surface area contributed by atoms with Crippen molar-refractivity contribution in [2.75, 3.05) is 14.2 Å². The molecule has 106 valence electrons. The number of benzene rings is 1. The van der Waals surface area contributed by atoms with E-state index in [1.54, 1.807) is 14.2 Å². The number of hydrogen-bond acceptors (Lipinski definition) is 3. The minimum absolute atomic E-state index is 0.270. The molecule has 0 aromatic heterocycles. The second-order valence-electron chi connectivity index (χ2n) is 5.31. The highest BCUT2D eigenvalue weighted by Gasteiger charge is 2.43. The maximum atomic E-state index is 11.3. The molecule has 1 aromatic rings. The van der Waals surface area contributed by atoms with Gasteiger partial charge < -0.3 is 14.6 Å². The van der Waals surface area contributed by atoms with Crippen molar-refractivity contribution in [3.63, 3.8) is 0 Å². The zero-order valence-electron chi connectivity index (χ0n) is 12.1. The van der Waals surface area contributed by atoms with Crippen LogP contribution >= 0.6 is 0 Å². The molecular weight excluding hydrogens is 240 g/mol. The lowest BCUT2D eigenvalue weighted by molar-refractivity contribution is -0.0587. The molecule has 0 bridgehead atoms. The van der Waals surface area contributed by atoms with Crippen molar-refractivity contribution in [3.05, 3.63) is 23.8 Å². The van der Waals surface area contributed by atoms with Crippen molar-refractivity contribution >= 4 is 0 Å². The van der Waals surface area contributed by atoms with Gasteiger partial charge >= 0.3 is 0 Å². The van der Waals surface area contributed by atoms with Crippen LogP contribution in [-0.2, 0) is 5.60 Å². The van der Waals surface area contributed by atoms with E-state index in [1.165, 1.54) is 6.42 Å². The molecule has 2 unspecified atom stereocenters. The third kappa shape index (κ3) is 2.44. The fourth-order valence-corrected chi connectivity index (χ4v) is 3.38. The molecule has 3 heteroatoms. The van der Waals surface area contributed by atoms with Gasteiger partial charge in [-0.3, -0.25) is 0 Å². The quantitative estimate of drug-likeness (QED) is 0.904. The van der Waals surface area contributed by atoms with Crippen molar-refractivity contribution in [3.8, 4) is 11.5 Å². The first kappa shape index (κ1) is 14.2. The molecule has 0 spiro atoms. The van der Waals surface area contributed by atoms with Gasteiger partial charge in [-0.25, -0.2) is 0 Å². The number of hydrogen-bond donors (Lipinski definition) is 1. The van der Waals surface area contributed by atoms with Gasteiger partial charge in [0.1, 0.15) is 11.5 Å². The van der Waals surface area contributed by atoms with Crippen LogP contribution in [0.4, 0.5) is 0 Å². The zero-order chi connectivity index (χ0) is 13.9. The Balaban J connectivity index is 2.54. The van der Waals surface area contributed by atoms with Gasteiger partial charge in [0.2, 0.25) is 0 Å². The van der Waals surface area contributed by atoms with E-state index in [9.17, 15) is 5.11 Å². The third-order valence-electron chi connectivity index (χ3n) is 4.39. The van der Waals surface area contributed by atoms with E-state index >= 15 is 0 Å². The minimum Gasteiger partial charge on any atom is -0.496 e. The number of rotatable bonds is 4. The second-order valence-corrected chi connectivity index (χ2v) is 5.31. The van der Waals surface area contributed by atoms with Gasteiger partial charge in [0.15, 0.2) is 0 Å². The summed E-state index contributed by atoms with van der Waals surface area (Å²) in [6.45, 7) is 2.14. The van der Waals surface area contributed by atoms with E-state index in [-0.39, 0.29) is 5.92 Å². The molecule has 0 aliphatic heterocycles. The van der Waals surface area contributed by atoms with Crippen LogP contribution < -0.4 is 9.47 Å². The Bertz CT molecular complexity index is 408. The van der Waals surface area contributed by atoms with Gasteiger partial charge in [0, 0.05) is 0 Å². The predicted molar refractivity (Wildman–Crippen MR) is 75.7 cm³/mol. The Kier molecular flexibility index (Phi) is 4.35. The Morgan fingerprint density at radius 1 is 1.21 bits per heavy atom. The molecule has 1 saturated carbocycles. The monoisotopic (exact) mass is 264 g/mol. The molecule has 0 amide bonds. The first-order valence-electron chi connectivity index (χ1n) is 7.11. The van der Waals surface area contributed by atoms with Crippen molar-refractivity contribution in [1.29, 1.82) is 0 Å². The van der Waals surface area contributed by atoms with Crippen molar-refractivity contribution in [2.45, 2.75) is 44.6 Å². The Morgan fingerprint density at radius 3 is 2.37 bits per heavy atom. The summed E-state index contributed by atoms with van der Waals surface area (Å²) in [6, 6.07) is 5.70. The van der Waals surface area contributed by atoms with E-state index in [2.05, 4.69) is 6.92 Å². The molecule has 1 fully saturated rings. The molecule has 0 radical (unpaired) electrons. The van der Waals surface area contributed by atoms with Crippen molar-refractivity contribution in [1.82, 2.24) is 0 Å². The average molecular weight is 264 g/mol. The summed E-state index contributed by atoms with van der Waals surface area (Å²) in [7, 11) is 3.29. The molecule has 2 rings (SSSR count). The molecule has 1 aliphatic carbocycles. The van der Waals surface area contributed by atoms with Crippen LogP contribution in [0.1, 0.15) is 44.6 Å². The lowest BCUT2D eigenvalue weighted by Crippen LogP contribution is -2.38. The molecule has 3 nitrogen and oxygen atoms in total.